The van der Waals surface area contributed by atoms with Gasteiger partial charge in [-0.15, -0.1) is 0 Å². The lowest BCUT2D eigenvalue weighted by molar-refractivity contribution is -0.131. The van der Waals surface area contributed by atoms with E-state index in [0.29, 0.717) is 6.42 Å². The molecule has 2 aromatic carbocycles. The van der Waals surface area contributed by atoms with Crippen LogP contribution in [0.2, 0.25) is 5.02 Å². The zero-order chi connectivity index (χ0) is 17.9. The van der Waals surface area contributed by atoms with E-state index in [1.807, 2.05) is 35.4 Å². The standard InChI is InChI=1S/C21H22ClN3O/c22-18-4-6-19(7-5-18)24-11-13-25(14-12-24)21(26)8-2-16-1-3-17-9-10-23-20(17)15-16/h1,3-7,9-10,15,23H,2,8,11-14H2. The van der Waals surface area contributed by atoms with Crippen LogP contribution >= 0.6 is 11.6 Å². The summed E-state index contributed by atoms with van der Waals surface area (Å²) >= 11 is 5.95. The van der Waals surface area contributed by atoms with Gasteiger partial charge in [-0.3, -0.25) is 4.79 Å². The number of rotatable bonds is 4. The molecule has 4 rings (SSSR count). The predicted octanol–water partition coefficient (Wildman–Crippen LogP) is 4.10. The fourth-order valence-electron chi connectivity index (χ4n) is 3.53. The predicted molar refractivity (Wildman–Crippen MR) is 107 cm³/mol. The van der Waals surface area contributed by atoms with Crippen LogP contribution in [0.25, 0.3) is 10.9 Å². The minimum absolute atomic E-state index is 0.243. The molecule has 0 spiro atoms. The molecular formula is C21H22ClN3O. The van der Waals surface area contributed by atoms with Crippen molar-refractivity contribution in [2.75, 3.05) is 31.1 Å². The number of H-pyrrole nitrogens is 1. The van der Waals surface area contributed by atoms with E-state index < -0.39 is 0 Å². The van der Waals surface area contributed by atoms with Crippen LogP contribution < -0.4 is 4.90 Å². The molecule has 0 bridgehead atoms. The van der Waals surface area contributed by atoms with Gasteiger partial charge >= 0.3 is 0 Å². The second kappa shape index (κ2) is 7.42. The largest absolute Gasteiger partial charge is 0.368 e. The van der Waals surface area contributed by atoms with E-state index >= 15 is 0 Å². The molecule has 0 atom stereocenters. The Morgan fingerprint density at radius 3 is 2.54 bits per heavy atom. The van der Waals surface area contributed by atoms with Crippen LogP contribution in [0.5, 0.6) is 0 Å². The Hall–Kier alpha value is -2.46. The third-order valence-corrected chi connectivity index (χ3v) is 5.32. The van der Waals surface area contributed by atoms with Gasteiger partial charge < -0.3 is 14.8 Å². The summed E-state index contributed by atoms with van der Waals surface area (Å²) in [6.45, 7) is 3.28. The van der Waals surface area contributed by atoms with Crippen molar-refractivity contribution >= 4 is 34.1 Å². The van der Waals surface area contributed by atoms with Gasteiger partial charge in [0.2, 0.25) is 5.91 Å². The highest BCUT2D eigenvalue weighted by Crippen LogP contribution is 2.20. The van der Waals surface area contributed by atoms with Crippen LogP contribution in [0.1, 0.15) is 12.0 Å². The number of carbonyl (C=O) groups is 1. The number of aromatic nitrogens is 1. The van der Waals surface area contributed by atoms with Crippen molar-refractivity contribution in [2.45, 2.75) is 12.8 Å². The molecule has 0 radical (unpaired) electrons. The minimum Gasteiger partial charge on any atom is -0.368 e. The zero-order valence-corrected chi connectivity index (χ0v) is 15.4. The average molecular weight is 368 g/mol. The van der Waals surface area contributed by atoms with Crippen molar-refractivity contribution in [1.82, 2.24) is 9.88 Å². The maximum absolute atomic E-state index is 12.6. The molecule has 1 aliphatic heterocycles. The van der Waals surface area contributed by atoms with Crippen LogP contribution in [0.3, 0.4) is 0 Å². The molecule has 1 aromatic heterocycles. The number of amides is 1. The molecule has 3 aromatic rings. The topological polar surface area (TPSA) is 39.3 Å². The Morgan fingerprint density at radius 1 is 1.00 bits per heavy atom. The normalized spacial score (nSPS) is 14.8. The van der Waals surface area contributed by atoms with E-state index in [9.17, 15) is 4.79 Å². The Morgan fingerprint density at radius 2 is 1.77 bits per heavy atom. The van der Waals surface area contributed by atoms with Gasteiger partial charge in [-0.25, -0.2) is 0 Å². The first-order chi connectivity index (χ1) is 12.7. The number of aryl methyl sites for hydroxylation is 1. The molecule has 5 heteroatoms. The van der Waals surface area contributed by atoms with Crippen LogP contribution in [0.15, 0.2) is 54.7 Å². The molecule has 0 unspecified atom stereocenters. The number of aromatic amines is 1. The first-order valence-corrected chi connectivity index (χ1v) is 9.41. The second-order valence-electron chi connectivity index (χ2n) is 6.74. The quantitative estimate of drug-likeness (QED) is 0.754. The maximum atomic E-state index is 12.6. The minimum atomic E-state index is 0.243. The molecule has 1 aliphatic rings. The fourth-order valence-corrected chi connectivity index (χ4v) is 3.65. The molecule has 1 fully saturated rings. The van der Waals surface area contributed by atoms with Gasteiger partial charge in [0.1, 0.15) is 0 Å². The van der Waals surface area contributed by atoms with E-state index in [1.54, 1.807) is 0 Å². The molecule has 26 heavy (non-hydrogen) atoms. The van der Waals surface area contributed by atoms with Gasteiger partial charge in [0, 0.05) is 55.0 Å². The molecule has 0 aliphatic carbocycles. The molecule has 1 N–H and O–H groups in total. The van der Waals surface area contributed by atoms with Gasteiger partial charge in [-0.2, -0.15) is 0 Å². The molecule has 2 heterocycles. The molecule has 1 amide bonds. The number of piperazine rings is 1. The number of hydrogen-bond donors (Lipinski definition) is 1. The number of carbonyl (C=O) groups excluding carboxylic acids is 1. The summed E-state index contributed by atoms with van der Waals surface area (Å²) in [5, 5.41) is 1.96. The SMILES string of the molecule is O=C(CCc1ccc2cc[nH]c2c1)N1CCN(c2ccc(Cl)cc2)CC1. The Labute approximate surface area is 158 Å². The van der Waals surface area contributed by atoms with E-state index in [4.69, 9.17) is 11.6 Å². The number of anilines is 1. The number of nitrogens with one attached hydrogen (secondary N) is 1. The summed E-state index contributed by atoms with van der Waals surface area (Å²) in [6.07, 6.45) is 3.29. The van der Waals surface area contributed by atoms with Gasteiger partial charge in [0.25, 0.3) is 0 Å². The first kappa shape index (κ1) is 17.0. The third-order valence-electron chi connectivity index (χ3n) is 5.07. The summed E-state index contributed by atoms with van der Waals surface area (Å²) in [5.74, 6) is 0.243. The average Bonchev–Trinajstić information content (AvgIpc) is 3.15. The van der Waals surface area contributed by atoms with Crippen LogP contribution in [-0.4, -0.2) is 42.0 Å². The van der Waals surface area contributed by atoms with E-state index in [-0.39, 0.29) is 5.91 Å². The van der Waals surface area contributed by atoms with Crippen molar-refractivity contribution in [1.29, 1.82) is 0 Å². The zero-order valence-electron chi connectivity index (χ0n) is 14.6. The maximum Gasteiger partial charge on any atom is 0.223 e. The second-order valence-corrected chi connectivity index (χ2v) is 7.18. The molecular weight excluding hydrogens is 346 g/mol. The van der Waals surface area contributed by atoms with Crippen molar-refractivity contribution in [3.8, 4) is 0 Å². The summed E-state index contributed by atoms with van der Waals surface area (Å²) in [7, 11) is 0. The van der Waals surface area contributed by atoms with Crippen LogP contribution in [-0.2, 0) is 11.2 Å². The van der Waals surface area contributed by atoms with Crippen molar-refractivity contribution in [3.05, 3.63) is 65.3 Å². The van der Waals surface area contributed by atoms with Gasteiger partial charge in [-0.05, 0) is 53.8 Å². The Balaban J connectivity index is 1.29. The number of halogens is 1. The van der Waals surface area contributed by atoms with Gasteiger partial charge in [0.15, 0.2) is 0 Å². The number of fused-ring (bicyclic) bond motifs is 1. The van der Waals surface area contributed by atoms with E-state index in [2.05, 4.69) is 34.1 Å². The fraction of sp³-hybridized carbons (Fsp3) is 0.286. The summed E-state index contributed by atoms with van der Waals surface area (Å²) in [5.41, 5.74) is 3.50. The van der Waals surface area contributed by atoms with Crippen LogP contribution in [0.4, 0.5) is 5.69 Å². The molecule has 134 valence electrons. The first-order valence-electron chi connectivity index (χ1n) is 9.03. The summed E-state index contributed by atoms with van der Waals surface area (Å²) < 4.78 is 0. The molecule has 4 nitrogen and oxygen atoms in total. The van der Waals surface area contributed by atoms with Crippen molar-refractivity contribution in [2.24, 2.45) is 0 Å². The highest BCUT2D eigenvalue weighted by Gasteiger charge is 2.21. The number of hydrogen-bond acceptors (Lipinski definition) is 2. The Kier molecular flexibility index (Phi) is 4.85. The lowest BCUT2D eigenvalue weighted by atomic mass is 10.1. The Bertz CT molecular complexity index is 895. The van der Waals surface area contributed by atoms with Crippen molar-refractivity contribution in [3.63, 3.8) is 0 Å². The summed E-state index contributed by atoms with van der Waals surface area (Å²) in [4.78, 5) is 20.1. The van der Waals surface area contributed by atoms with E-state index in [0.717, 1.165) is 43.1 Å². The highest BCUT2D eigenvalue weighted by molar-refractivity contribution is 6.30. The lowest BCUT2D eigenvalue weighted by Crippen LogP contribution is -2.48. The third kappa shape index (κ3) is 3.70. The molecule has 0 saturated carbocycles. The number of nitrogens with zero attached hydrogens (tertiary/aromatic N) is 2. The van der Waals surface area contributed by atoms with Gasteiger partial charge in [0.05, 0.1) is 0 Å². The van der Waals surface area contributed by atoms with Crippen molar-refractivity contribution < 1.29 is 4.79 Å². The lowest BCUT2D eigenvalue weighted by Gasteiger charge is -2.36. The summed E-state index contributed by atoms with van der Waals surface area (Å²) in [6, 6.07) is 16.3. The van der Waals surface area contributed by atoms with Gasteiger partial charge in [-0.1, -0.05) is 23.7 Å². The number of benzene rings is 2. The van der Waals surface area contributed by atoms with E-state index in [1.165, 1.54) is 16.6 Å². The molecule has 1 saturated heterocycles. The monoisotopic (exact) mass is 367 g/mol. The smallest absolute Gasteiger partial charge is 0.223 e. The highest BCUT2D eigenvalue weighted by atomic mass is 35.5. The van der Waals surface area contributed by atoms with Crippen LogP contribution in [0, 0.1) is 0 Å².